The van der Waals surface area contributed by atoms with E-state index in [1.807, 2.05) is 0 Å². The minimum atomic E-state index is 0.611. The standard InChI is InChI=1S/C30H39N/c1-22(2)19-25-13-7-10-16-28(25)31(29-17-11-8-14-26(29)20-23(3)4)30-18-12-9-15-27(30)21-24(5)6/h7-18,22-24H,19-21H2,1-6H3. The Kier molecular flexibility index (Phi) is 7.96. The lowest BCUT2D eigenvalue weighted by Crippen LogP contribution is -2.17. The van der Waals surface area contributed by atoms with Crippen molar-refractivity contribution in [3.8, 4) is 0 Å². The van der Waals surface area contributed by atoms with Crippen LogP contribution in [0.2, 0.25) is 0 Å². The number of nitrogens with zero attached hydrogens (tertiary/aromatic N) is 1. The third kappa shape index (κ3) is 6.00. The van der Waals surface area contributed by atoms with Crippen LogP contribution in [0.3, 0.4) is 0 Å². The average Bonchev–Trinajstić information content (AvgIpc) is 2.70. The largest absolute Gasteiger partial charge is 0.310 e. The van der Waals surface area contributed by atoms with Gasteiger partial charge in [0, 0.05) is 17.1 Å². The van der Waals surface area contributed by atoms with E-state index in [1.54, 1.807) is 0 Å². The maximum atomic E-state index is 2.53. The number of anilines is 3. The highest BCUT2D eigenvalue weighted by Gasteiger charge is 2.21. The highest BCUT2D eigenvalue weighted by atomic mass is 15.1. The Labute approximate surface area is 190 Å². The topological polar surface area (TPSA) is 3.24 Å². The van der Waals surface area contributed by atoms with E-state index in [0.29, 0.717) is 17.8 Å². The smallest absolute Gasteiger partial charge is 0.0493 e. The molecule has 3 rings (SSSR count). The molecule has 0 bridgehead atoms. The van der Waals surface area contributed by atoms with Crippen molar-refractivity contribution in [1.82, 2.24) is 0 Å². The molecule has 0 saturated carbocycles. The maximum absolute atomic E-state index is 2.53. The minimum absolute atomic E-state index is 0.611. The third-order valence-electron chi connectivity index (χ3n) is 5.58. The molecule has 0 N–H and O–H groups in total. The van der Waals surface area contributed by atoms with Crippen molar-refractivity contribution in [3.63, 3.8) is 0 Å². The molecule has 0 aliphatic carbocycles. The summed E-state index contributed by atoms with van der Waals surface area (Å²) in [6.45, 7) is 13.8. The molecule has 3 aromatic carbocycles. The van der Waals surface area contributed by atoms with Crippen molar-refractivity contribution in [3.05, 3.63) is 89.5 Å². The molecule has 0 spiro atoms. The number of hydrogen-bond donors (Lipinski definition) is 0. The van der Waals surface area contributed by atoms with Crippen molar-refractivity contribution >= 4 is 17.1 Å². The molecular weight excluding hydrogens is 374 g/mol. The van der Waals surface area contributed by atoms with E-state index in [0.717, 1.165) is 19.3 Å². The molecule has 0 aromatic heterocycles. The summed E-state index contributed by atoms with van der Waals surface area (Å²) in [6, 6.07) is 26.9. The molecule has 0 heterocycles. The van der Waals surface area contributed by atoms with Gasteiger partial charge in [-0.15, -0.1) is 0 Å². The van der Waals surface area contributed by atoms with Crippen LogP contribution in [-0.2, 0) is 19.3 Å². The van der Waals surface area contributed by atoms with Gasteiger partial charge in [-0.1, -0.05) is 96.1 Å². The number of hydrogen-bond acceptors (Lipinski definition) is 1. The average molecular weight is 414 g/mol. The molecule has 0 aliphatic rings. The van der Waals surface area contributed by atoms with Crippen LogP contribution in [0.25, 0.3) is 0 Å². The van der Waals surface area contributed by atoms with Gasteiger partial charge in [-0.25, -0.2) is 0 Å². The van der Waals surface area contributed by atoms with Crippen LogP contribution < -0.4 is 4.90 Å². The number of rotatable bonds is 9. The van der Waals surface area contributed by atoms with Crippen LogP contribution in [0.5, 0.6) is 0 Å². The molecule has 0 saturated heterocycles. The Morgan fingerprint density at radius 3 is 0.968 bits per heavy atom. The van der Waals surface area contributed by atoms with E-state index in [2.05, 4.69) is 119 Å². The van der Waals surface area contributed by atoms with E-state index in [-0.39, 0.29) is 0 Å². The Hall–Kier alpha value is -2.54. The molecule has 164 valence electrons. The van der Waals surface area contributed by atoms with Crippen molar-refractivity contribution in [2.24, 2.45) is 17.8 Å². The van der Waals surface area contributed by atoms with Crippen molar-refractivity contribution in [2.75, 3.05) is 4.90 Å². The quantitative estimate of drug-likeness (QED) is 0.339. The summed E-state index contributed by atoms with van der Waals surface area (Å²) in [4.78, 5) is 2.53. The summed E-state index contributed by atoms with van der Waals surface area (Å²) in [5, 5.41) is 0. The summed E-state index contributed by atoms with van der Waals surface area (Å²) in [7, 11) is 0. The monoisotopic (exact) mass is 413 g/mol. The second-order valence-corrected chi connectivity index (χ2v) is 10.0. The summed E-state index contributed by atoms with van der Waals surface area (Å²) >= 11 is 0. The molecule has 0 radical (unpaired) electrons. The molecular formula is C30H39N. The highest BCUT2D eigenvalue weighted by Crippen LogP contribution is 2.41. The molecule has 0 fully saturated rings. The van der Waals surface area contributed by atoms with E-state index < -0.39 is 0 Å². The van der Waals surface area contributed by atoms with Gasteiger partial charge < -0.3 is 4.90 Å². The molecule has 1 nitrogen and oxygen atoms in total. The Balaban J connectivity index is 2.26. The van der Waals surface area contributed by atoms with Gasteiger partial charge >= 0.3 is 0 Å². The first-order valence-electron chi connectivity index (χ1n) is 11.9. The second kappa shape index (κ2) is 10.7. The molecule has 0 atom stereocenters. The lowest BCUT2D eigenvalue weighted by molar-refractivity contribution is 0.643. The van der Waals surface area contributed by atoms with Gasteiger partial charge in [0.25, 0.3) is 0 Å². The summed E-state index contributed by atoms with van der Waals surface area (Å²) in [5.74, 6) is 1.83. The SMILES string of the molecule is CC(C)Cc1ccccc1N(c1ccccc1CC(C)C)c1ccccc1CC(C)C. The van der Waals surface area contributed by atoms with Gasteiger partial charge in [-0.05, 0) is 71.9 Å². The Bertz CT molecular complexity index is 840. The third-order valence-corrected chi connectivity index (χ3v) is 5.58. The van der Waals surface area contributed by atoms with Gasteiger partial charge in [0.1, 0.15) is 0 Å². The fourth-order valence-corrected chi connectivity index (χ4v) is 4.41. The van der Waals surface area contributed by atoms with Crippen LogP contribution in [0.1, 0.15) is 58.2 Å². The Morgan fingerprint density at radius 1 is 0.452 bits per heavy atom. The zero-order chi connectivity index (χ0) is 22.4. The van der Waals surface area contributed by atoms with E-state index in [1.165, 1.54) is 33.8 Å². The molecule has 3 aromatic rings. The van der Waals surface area contributed by atoms with Gasteiger partial charge in [0.2, 0.25) is 0 Å². The summed E-state index contributed by atoms with van der Waals surface area (Å²) in [6.07, 6.45) is 3.22. The van der Waals surface area contributed by atoms with Crippen LogP contribution in [0.4, 0.5) is 17.1 Å². The normalized spacial score (nSPS) is 11.5. The van der Waals surface area contributed by atoms with Crippen LogP contribution >= 0.6 is 0 Å². The van der Waals surface area contributed by atoms with Gasteiger partial charge in [-0.3, -0.25) is 0 Å². The predicted molar refractivity (Wildman–Crippen MR) is 137 cm³/mol. The maximum Gasteiger partial charge on any atom is 0.0493 e. The molecule has 0 amide bonds. The number of benzene rings is 3. The molecule has 1 heteroatoms. The van der Waals surface area contributed by atoms with Gasteiger partial charge in [0.15, 0.2) is 0 Å². The van der Waals surface area contributed by atoms with E-state index in [4.69, 9.17) is 0 Å². The highest BCUT2D eigenvalue weighted by molar-refractivity contribution is 5.81. The van der Waals surface area contributed by atoms with Crippen LogP contribution in [0, 0.1) is 17.8 Å². The van der Waals surface area contributed by atoms with Gasteiger partial charge in [-0.2, -0.15) is 0 Å². The van der Waals surface area contributed by atoms with Gasteiger partial charge in [0.05, 0.1) is 0 Å². The second-order valence-electron chi connectivity index (χ2n) is 10.0. The zero-order valence-corrected chi connectivity index (χ0v) is 20.2. The lowest BCUT2D eigenvalue weighted by Gasteiger charge is -2.32. The molecule has 0 unspecified atom stereocenters. The van der Waals surface area contributed by atoms with Crippen molar-refractivity contribution < 1.29 is 0 Å². The predicted octanol–water partition coefficient (Wildman–Crippen LogP) is 8.75. The fourth-order valence-electron chi connectivity index (χ4n) is 4.41. The van der Waals surface area contributed by atoms with Crippen molar-refractivity contribution in [2.45, 2.75) is 60.8 Å². The lowest BCUT2D eigenvalue weighted by atomic mass is 9.95. The minimum Gasteiger partial charge on any atom is -0.310 e. The number of para-hydroxylation sites is 3. The first-order chi connectivity index (χ1) is 14.9. The van der Waals surface area contributed by atoms with Crippen molar-refractivity contribution in [1.29, 1.82) is 0 Å². The Morgan fingerprint density at radius 2 is 0.710 bits per heavy atom. The summed E-state index contributed by atoms with van der Waals surface area (Å²) in [5.41, 5.74) is 8.17. The zero-order valence-electron chi connectivity index (χ0n) is 20.2. The molecule has 31 heavy (non-hydrogen) atoms. The van der Waals surface area contributed by atoms with Crippen LogP contribution in [-0.4, -0.2) is 0 Å². The summed E-state index contributed by atoms with van der Waals surface area (Å²) < 4.78 is 0. The van der Waals surface area contributed by atoms with E-state index >= 15 is 0 Å². The molecule has 0 aliphatic heterocycles. The fraction of sp³-hybridized carbons (Fsp3) is 0.400. The first kappa shape index (κ1) is 23.1. The first-order valence-corrected chi connectivity index (χ1v) is 11.9. The van der Waals surface area contributed by atoms with E-state index in [9.17, 15) is 0 Å². The van der Waals surface area contributed by atoms with Crippen LogP contribution in [0.15, 0.2) is 72.8 Å².